The van der Waals surface area contributed by atoms with Crippen molar-refractivity contribution in [2.75, 3.05) is 14.2 Å². The van der Waals surface area contributed by atoms with Crippen molar-refractivity contribution in [3.8, 4) is 0 Å². The third-order valence-electron chi connectivity index (χ3n) is 4.16. The maximum absolute atomic E-state index is 6.38. The number of rotatable bonds is 6. The molecule has 2 rings (SSSR count). The van der Waals surface area contributed by atoms with E-state index in [1.54, 1.807) is 19.8 Å². The Labute approximate surface area is 125 Å². The van der Waals surface area contributed by atoms with E-state index in [4.69, 9.17) is 15.1 Å². The molecule has 0 aromatic heterocycles. The topological polar surface area (TPSA) is 18.5 Å². The van der Waals surface area contributed by atoms with Crippen LogP contribution in [0.25, 0.3) is 0 Å². The zero-order chi connectivity index (χ0) is 13.7. The fourth-order valence-electron chi connectivity index (χ4n) is 2.81. The molecule has 4 heteroatoms. The first-order chi connectivity index (χ1) is 9.17. The van der Waals surface area contributed by atoms with Gasteiger partial charge in [0.1, 0.15) is 0 Å². The van der Waals surface area contributed by atoms with Gasteiger partial charge in [-0.15, -0.1) is 0 Å². The third-order valence-corrected chi connectivity index (χ3v) is 13.5. The van der Waals surface area contributed by atoms with E-state index in [1.165, 1.54) is 12.8 Å². The molecule has 0 amide bonds. The van der Waals surface area contributed by atoms with Crippen molar-refractivity contribution in [3.63, 3.8) is 0 Å². The second-order valence-electron chi connectivity index (χ2n) is 5.31. The van der Waals surface area contributed by atoms with E-state index >= 15 is 0 Å². The average Bonchev–Trinajstić information content (AvgIpc) is 2.99. The van der Waals surface area contributed by atoms with Crippen LogP contribution in [0.5, 0.6) is 0 Å². The molecule has 0 aliphatic heterocycles. The SMILES string of the molecule is C[O][Sn]([Cl])([CH2]CC1C=CC(C2=CC=CC2)CC1)[O]C. The normalized spacial score (nSPS) is 26.8. The maximum atomic E-state index is 6.38. The van der Waals surface area contributed by atoms with Gasteiger partial charge in [0.15, 0.2) is 0 Å². The third kappa shape index (κ3) is 4.35. The second kappa shape index (κ2) is 7.30. The molecular formula is C15H23ClO2Sn. The summed E-state index contributed by atoms with van der Waals surface area (Å²) in [6.45, 7) is 0. The van der Waals surface area contributed by atoms with Crippen LogP contribution in [0.4, 0.5) is 0 Å². The standard InChI is InChI=1S/C13H17.2CH3O.ClH.Sn/c1-2-11-7-9-13(10-8-11)12-5-3-4-6-12;2*1-2;;/h3-5,7,9,11,13H,1-2,6,8,10H2;2*1H3;1H;/q;2*-1;;+3/p-1. The fourth-order valence-corrected chi connectivity index (χ4v) is 7.23. The van der Waals surface area contributed by atoms with Crippen molar-refractivity contribution >= 4 is 27.0 Å². The van der Waals surface area contributed by atoms with Gasteiger partial charge >= 0.3 is 125 Å². The molecule has 2 aliphatic rings. The van der Waals surface area contributed by atoms with Gasteiger partial charge in [0, 0.05) is 0 Å². The summed E-state index contributed by atoms with van der Waals surface area (Å²) < 4.78 is 11.7. The molecule has 0 N–H and O–H groups in total. The van der Waals surface area contributed by atoms with E-state index in [-0.39, 0.29) is 0 Å². The molecule has 0 bridgehead atoms. The van der Waals surface area contributed by atoms with Gasteiger partial charge in [0.2, 0.25) is 0 Å². The van der Waals surface area contributed by atoms with E-state index in [1.807, 2.05) is 0 Å². The molecule has 0 aromatic rings. The van der Waals surface area contributed by atoms with Gasteiger partial charge in [0.25, 0.3) is 0 Å². The summed E-state index contributed by atoms with van der Waals surface area (Å²) in [6, 6.07) is 0. The van der Waals surface area contributed by atoms with Crippen molar-refractivity contribution in [1.82, 2.24) is 0 Å². The summed E-state index contributed by atoms with van der Waals surface area (Å²) in [5, 5.41) is 0. The van der Waals surface area contributed by atoms with Crippen molar-refractivity contribution in [3.05, 3.63) is 36.0 Å². The van der Waals surface area contributed by atoms with Crippen LogP contribution in [-0.4, -0.2) is 32.3 Å². The fraction of sp³-hybridized carbons (Fsp3) is 0.600. The zero-order valence-electron chi connectivity index (χ0n) is 11.8. The Balaban J connectivity index is 1.80. The van der Waals surface area contributed by atoms with E-state index in [0.717, 1.165) is 17.3 Å². The minimum atomic E-state index is -3.15. The summed E-state index contributed by atoms with van der Waals surface area (Å²) in [5.74, 6) is 1.30. The van der Waals surface area contributed by atoms with Crippen molar-refractivity contribution in [1.29, 1.82) is 0 Å². The second-order valence-corrected chi connectivity index (χ2v) is 16.7. The molecule has 0 aromatic carbocycles. The minimum absolute atomic E-state index is 0.645. The molecule has 2 aliphatic carbocycles. The van der Waals surface area contributed by atoms with E-state index in [0.29, 0.717) is 11.8 Å². The number of halogens is 1. The van der Waals surface area contributed by atoms with Gasteiger partial charge in [-0.05, 0) is 0 Å². The van der Waals surface area contributed by atoms with Gasteiger partial charge in [-0.1, -0.05) is 0 Å². The molecule has 0 fully saturated rings. The Kier molecular flexibility index (Phi) is 6.00. The predicted molar refractivity (Wildman–Crippen MR) is 82.2 cm³/mol. The summed E-state index contributed by atoms with van der Waals surface area (Å²) >= 11 is -3.15. The van der Waals surface area contributed by atoms with E-state index < -0.39 is 18.1 Å². The van der Waals surface area contributed by atoms with Crippen LogP contribution in [0.1, 0.15) is 25.7 Å². The summed E-state index contributed by atoms with van der Waals surface area (Å²) in [6.07, 6.45) is 16.2. The van der Waals surface area contributed by atoms with Crippen LogP contribution in [0.2, 0.25) is 4.44 Å². The van der Waals surface area contributed by atoms with Crippen LogP contribution in [-0.2, 0) is 6.15 Å². The summed E-state index contributed by atoms with van der Waals surface area (Å²) in [4.78, 5) is 0. The van der Waals surface area contributed by atoms with Gasteiger partial charge in [-0.2, -0.15) is 0 Å². The van der Waals surface area contributed by atoms with Crippen LogP contribution < -0.4 is 0 Å². The molecule has 19 heavy (non-hydrogen) atoms. The van der Waals surface area contributed by atoms with Crippen molar-refractivity contribution < 1.29 is 6.15 Å². The quantitative estimate of drug-likeness (QED) is 0.498. The van der Waals surface area contributed by atoms with Crippen LogP contribution >= 0.6 is 8.92 Å². The zero-order valence-corrected chi connectivity index (χ0v) is 15.4. The Morgan fingerprint density at radius 3 is 2.58 bits per heavy atom. The number of allylic oxidation sites excluding steroid dienone is 6. The Hall–Kier alpha value is 0.229. The Morgan fingerprint density at radius 2 is 2.05 bits per heavy atom. The molecule has 2 unspecified atom stereocenters. The molecule has 0 radical (unpaired) electrons. The molecule has 0 heterocycles. The average molecular weight is 390 g/mol. The Bertz CT molecular complexity index is 386. The number of hydrogen-bond acceptors (Lipinski definition) is 2. The van der Waals surface area contributed by atoms with Crippen molar-refractivity contribution in [2.45, 2.75) is 30.1 Å². The van der Waals surface area contributed by atoms with Gasteiger partial charge in [-0.25, -0.2) is 0 Å². The molecule has 106 valence electrons. The summed E-state index contributed by atoms with van der Waals surface area (Å²) in [5.41, 5.74) is 1.56. The van der Waals surface area contributed by atoms with E-state index in [2.05, 4.69) is 30.4 Å². The predicted octanol–water partition coefficient (Wildman–Crippen LogP) is 4.32. The Morgan fingerprint density at radius 1 is 1.26 bits per heavy atom. The molecule has 2 atom stereocenters. The van der Waals surface area contributed by atoms with Crippen LogP contribution in [0.15, 0.2) is 36.0 Å². The molecular weight excluding hydrogens is 366 g/mol. The van der Waals surface area contributed by atoms with Crippen LogP contribution in [0, 0.1) is 11.8 Å². The molecule has 0 saturated carbocycles. The monoisotopic (exact) mass is 390 g/mol. The van der Waals surface area contributed by atoms with Crippen LogP contribution in [0.3, 0.4) is 0 Å². The molecule has 0 saturated heterocycles. The van der Waals surface area contributed by atoms with Gasteiger partial charge in [0.05, 0.1) is 0 Å². The number of hydrogen-bond donors (Lipinski definition) is 0. The summed E-state index contributed by atoms with van der Waals surface area (Å²) in [7, 11) is 9.74. The van der Waals surface area contributed by atoms with E-state index in [9.17, 15) is 0 Å². The van der Waals surface area contributed by atoms with Gasteiger partial charge in [-0.3, -0.25) is 0 Å². The first kappa shape index (κ1) is 15.6. The first-order valence-corrected chi connectivity index (χ1v) is 15.0. The molecule has 0 spiro atoms. The molecule has 2 nitrogen and oxygen atoms in total. The van der Waals surface area contributed by atoms with Gasteiger partial charge < -0.3 is 0 Å². The first-order valence-electron chi connectivity index (χ1n) is 7.00. The van der Waals surface area contributed by atoms with Crippen molar-refractivity contribution in [2.24, 2.45) is 11.8 Å².